The molecule has 0 saturated carbocycles. The molecule has 7 nitrogen and oxygen atoms in total. The fourth-order valence-corrected chi connectivity index (χ4v) is 3.90. The molecule has 0 aliphatic rings. The van der Waals surface area contributed by atoms with Crippen LogP contribution in [0.25, 0.3) is 22.2 Å². The van der Waals surface area contributed by atoms with E-state index in [1.54, 1.807) is 41.8 Å². The SMILES string of the molecule is Nc1c(C(=O)Nc2ccc(Cl)cc2)c2nc3ccccc3nc2n1/N=C\c1cccs1. The number of rotatable bonds is 4. The van der Waals surface area contributed by atoms with Gasteiger partial charge in [-0.2, -0.15) is 9.78 Å². The number of benzene rings is 2. The fourth-order valence-electron chi connectivity index (χ4n) is 3.19. The number of thiophene rings is 1. The van der Waals surface area contributed by atoms with Crippen LogP contribution in [0.5, 0.6) is 0 Å². The minimum Gasteiger partial charge on any atom is -0.383 e. The molecule has 0 bridgehead atoms. The monoisotopic (exact) mass is 446 g/mol. The van der Waals surface area contributed by atoms with E-state index in [2.05, 4.69) is 20.4 Å². The van der Waals surface area contributed by atoms with Crippen molar-refractivity contribution in [2.24, 2.45) is 5.10 Å². The Hall–Kier alpha value is -3.75. The van der Waals surface area contributed by atoms with Crippen LogP contribution in [0.1, 0.15) is 15.2 Å². The number of anilines is 2. The Morgan fingerprint density at radius 3 is 2.52 bits per heavy atom. The predicted molar refractivity (Wildman–Crippen MR) is 126 cm³/mol. The molecule has 3 heterocycles. The highest BCUT2D eigenvalue weighted by Crippen LogP contribution is 2.29. The number of halogens is 1. The molecule has 1 amide bonds. The number of nitrogens with one attached hydrogen (secondary N) is 1. The Morgan fingerprint density at radius 1 is 1.06 bits per heavy atom. The minimum atomic E-state index is -0.403. The number of nitrogen functional groups attached to an aromatic ring is 1. The lowest BCUT2D eigenvalue weighted by atomic mass is 10.2. The molecule has 0 aliphatic carbocycles. The number of hydrogen-bond acceptors (Lipinski definition) is 6. The molecule has 0 saturated heterocycles. The molecule has 0 aliphatic heterocycles. The van der Waals surface area contributed by atoms with Gasteiger partial charge in [0.05, 0.1) is 17.2 Å². The first kappa shape index (κ1) is 19.2. The van der Waals surface area contributed by atoms with Crippen LogP contribution in [-0.4, -0.2) is 26.8 Å². The van der Waals surface area contributed by atoms with E-state index in [4.69, 9.17) is 17.3 Å². The predicted octanol–water partition coefficient (Wildman–Crippen LogP) is 5.02. The maximum atomic E-state index is 13.2. The molecule has 5 aromatic rings. The van der Waals surface area contributed by atoms with Crippen LogP contribution in [0.15, 0.2) is 71.1 Å². The molecule has 3 N–H and O–H groups in total. The van der Waals surface area contributed by atoms with Crippen LogP contribution in [-0.2, 0) is 0 Å². The van der Waals surface area contributed by atoms with E-state index in [1.165, 1.54) is 4.68 Å². The summed E-state index contributed by atoms with van der Waals surface area (Å²) in [5.74, 6) is -0.246. The Bertz CT molecular complexity index is 1440. The highest BCUT2D eigenvalue weighted by molar-refractivity contribution is 7.11. The number of carbonyl (C=O) groups is 1. The van der Waals surface area contributed by atoms with E-state index in [0.717, 1.165) is 4.88 Å². The molecular weight excluding hydrogens is 432 g/mol. The summed E-state index contributed by atoms with van der Waals surface area (Å²) in [4.78, 5) is 23.4. The van der Waals surface area contributed by atoms with Crippen molar-refractivity contribution in [3.8, 4) is 0 Å². The Balaban J connectivity index is 1.67. The van der Waals surface area contributed by atoms with Crippen LogP contribution in [0.4, 0.5) is 11.5 Å². The fraction of sp³-hybridized carbons (Fsp3) is 0. The summed E-state index contributed by atoms with van der Waals surface area (Å²) in [6, 6.07) is 18.1. The molecule has 31 heavy (non-hydrogen) atoms. The van der Waals surface area contributed by atoms with E-state index >= 15 is 0 Å². The van der Waals surface area contributed by atoms with Gasteiger partial charge in [-0.15, -0.1) is 11.3 Å². The second-order valence-corrected chi connectivity index (χ2v) is 8.09. The minimum absolute atomic E-state index is 0.157. The molecule has 2 aromatic carbocycles. The molecule has 152 valence electrons. The zero-order valence-corrected chi connectivity index (χ0v) is 17.6. The number of aromatic nitrogens is 3. The Morgan fingerprint density at radius 2 is 1.81 bits per heavy atom. The highest BCUT2D eigenvalue weighted by atomic mass is 35.5. The summed E-state index contributed by atoms with van der Waals surface area (Å²) < 4.78 is 1.45. The summed E-state index contributed by atoms with van der Waals surface area (Å²) in [6.07, 6.45) is 1.68. The maximum Gasteiger partial charge on any atom is 0.261 e. The average molecular weight is 447 g/mol. The van der Waals surface area contributed by atoms with E-state index in [-0.39, 0.29) is 11.4 Å². The summed E-state index contributed by atoms with van der Waals surface area (Å²) in [5.41, 5.74) is 9.33. The van der Waals surface area contributed by atoms with E-state index in [1.807, 2.05) is 41.8 Å². The lowest BCUT2D eigenvalue weighted by Crippen LogP contribution is -2.14. The third-order valence-corrected chi connectivity index (χ3v) is 5.71. The number of para-hydroxylation sites is 2. The first-order chi connectivity index (χ1) is 15.1. The van der Waals surface area contributed by atoms with Crippen molar-refractivity contribution in [2.45, 2.75) is 0 Å². The molecule has 0 radical (unpaired) electrons. The maximum absolute atomic E-state index is 13.2. The largest absolute Gasteiger partial charge is 0.383 e. The number of hydrogen-bond donors (Lipinski definition) is 2. The van der Waals surface area contributed by atoms with Gasteiger partial charge in [-0.25, -0.2) is 9.97 Å². The zero-order valence-electron chi connectivity index (χ0n) is 16.0. The van der Waals surface area contributed by atoms with Crippen molar-refractivity contribution < 1.29 is 4.79 Å². The Kier molecular flexibility index (Phi) is 4.85. The van der Waals surface area contributed by atoms with Gasteiger partial charge < -0.3 is 11.1 Å². The highest BCUT2D eigenvalue weighted by Gasteiger charge is 2.24. The summed E-state index contributed by atoms with van der Waals surface area (Å²) in [5, 5.41) is 9.86. The van der Waals surface area contributed by atoms with Gasteiger partial charge in [-0.3, -0.25) is 4.79 Å². The molecular formula is C22H15ClN6OS. The van der Waals surface area contributed by atoms with E-state index < -0.39 is 5.91 Å². The third-order valence-electron chi connectivity index (χ3n) is 4.65. The number of amides is 1. The second-order valence-electron chi connectivity index (χ2n) is 6.68. The third kappa shape index (κ3) is 3.63. The number of nitrogens with zero attached hydrogens (tertiary/aromatic N) is 4. The van der Waals surface area contributed by atoms with Crippen LogP contribution in [0, 0.1) is 0 Å². The van der Waals surface area contributed by atoms with Crippen molar-refractivity contribution in [3.05, 3.63) is 81.5 Å². The number of fused-ring (bicyclic) bond motifs is 2. The van der Waals surface area contributed by atoms with E-state index in [0.29, 0.717) is 32.9 Å². The lowest BCUT2D eigenvalue weighted by molar-refractivity contribution is 0.102. The second kappa shape index (κ2) is 7.82. The molecule has 0 unspecified atom stereocenters. The van der Waals surface area contributed by atoms with Gasteiger partial charge in [0.15, 0.2) is 5.65 Å². The van der Waals surface area contributed by atoms with Crippen LogP contribution >= 0.6 is 22.9 Å². The molecule has 9 heteroatoms. The molecule has 5 rings (SSSR count). The van der Waals surface area contributed by atoms with Gasteiger partial charge in [-0.1, -0.05) is 29.8 Å². The lowest BCUT2D eigenvalue weighted by Gasteiger charge is -2.05. The van der Waals surface area contributed by atoms with Crippen LogP contribution in [0.2, 0.25) is 5.02 Å². The molecule has 0 atom stereocenters. The summed E-state index contributed by atoms with van der Waals surface area (Å²) in [6.45, 7) is 0. The average Bonchev–Trinajstić information content (AvgIpc) is 3.38. The number of nitrogens with two attached hydrogens (primary N) is 1. The van der Waals surface area contributed by atoms with Gasteiger partial charge in [0, 0.05) is 15.6 Å². The van der Waals surface area contributed by atoms with Crippen LogP contribution in [0.3, 0.4) is 0 Å². The van der Waals surface area contributed by atoms with Crippen molar-refractivity contribution in [1.29, 1.82) is 0 Å². The van der Waals surface area contributed by atoms with Crippen molar-refractivity contribution in [1.82, 2.24) is 14.6 Å². The van der Waals surface area contributed by atoms with Gasteiger partial charge in [0.25, 0.3) is 5.91 Å². The standard InChI is InChI=1S/C22H15ClN6OS/c23-13-7-9-14(10-8-13)26-22(30)18-19-21(28-17-6-2-1-5-16(17)27-19)29(20(18)24)25-12-15-4-3-11-31-15/h1-12H,24H2,(H,26,30)/b25-12-. The summed E-state index contributed by atoms with van der Waals surface area (Å²) in [7, 11) is 0. The van der Waals surface area contributed by atoms with Gasteiger partial charge >= 0.3 is 0 Å². The van der Waals surface area contributed by atoms with Gasteiger partial charge in [0.1, 0.15) is 16.9 Å². The molecule has 3 aromatic heterocycles. The molecule has 0 spiro atoms. The topological polar surface area (TPSA) is 98.2 Å². The first-order valence-corrected chi connectivity index (χ1v) is 10.6. The van der Waals surface area contributed by atoms with Crippen molar-refractivity contribution >= 4 is 68.8 Å². The van der Waals surface area contributed by atoms with Gasteiger partial charge in [0.2, 0.25) is 0 Å². The molecule has 0 fully saturated rings. The van der Waals surface area contributed by atoms with Crippen molar-refractivity contribution in [2.75, 3.05) is 11.1 Å². The first-order valence-electron chi connectivity index (χ1n) is 9.31. The Labute approximate surface area is 185 Å². The number of carbonyl (C=O) groups excluding carboxylic acids is 1. The smallest absolute Gasteiger partial charge is 0.261 e. The van der Waals surface area contributed by atoms with Crippen LogP contribution < -0.4 is 11.1 Å². The van der Waals surface area contributed by atoms with Gasteiger partial charge in [-0.05, 0) is 47.8 Å². The van der Waals surface area contributed by atoms with Crippen molar-refractivity contribution in [3.63, 3.8) is 0 Å². The zero-order chi connectivity index (χ0) is 21.4. The normalized spacial score (nSPS) is 11.5. The quantitative estimate of drug-likeness (QED) is 0.379. The van der Waals surface area contributed by atoms with E-state index in [9.17, 15) is 4.79 Å². The summed E-state index contributed by atoms with van der Waals surface area (Å²) >= 11 is 7.48.